The number of nitrogens with zero attached hydrogens (tertiary/aromatic N) is 2. The molecule has 0 bridgehead atoms. The minimum atomic E-state index is -2.82. The Bertz CT molecular complexity index is 963. The van der Waals surface area contributed by atoms with Gasteiger partial charge in [-0.3, -0.25) is 0 Å². The van der Waals surface area contributed by atoms with Crippen molar-refractivity contribution in [1.82, 2.24) is 9.97 Å². The van der Waals surface area contributed by atoms with E-state index >= 15 is 0 Å². The van der Waals surface area contributed by atoms with E-state index in [0.29, 0.717) is 5.92 Å². The summed E-state index contributed by atoms with van der Waals surface area (Å²) in [5, 5.41) is 3.38. The van der Waals surface area contributed by atoms with Crippen molar-refractivity contribution in [3.63, 3.8) is 0 Å². The van der Waals surface area contributed by atoms with Gasteiger partial charge in [0.25, 0.3) is 0 Å². The second-order valence-electron chi connectivity index (χ2n) is 7.77. The number of aromatic nitrogens is 2. The number of ether oxygens (including phenoxy) is 1. The van der Waals surface area contributed by atoms with E-state index < -0.39 is 6.61 Å². The van der Waals surface area contributed by atoms with E-state index in [1.165, 1.54) is 44.2 Å². The zero-order valence-corrected chi connectivity index (χ0v) is 16.7. The third-order valence-electron chi connectivity index (χ3n) is 5.45. The van der Waals surface area contributed by atoms with Crippen LogP contribution in [0.4, 0.5) is 25.8 Å². The molecule has 4 rings (SSSR count). The summed E-state index contributed by atoms with van der Waals surface area (Å²) in [6.07, 6.45) is 6.24. The highest BCUT2D eigenvalue weighted by atomic mass is 19.3. The van der Waals surface area contributed by atoms with Crippen LogP contribution in [-0.4, -0.2) is 30.7 Å². The smallest absolute Gasteiger partial charge is 0.387 e. The minimum absolute atomic E-state index is 0.137. The SMILES string of the molecule is CN(C)c1cc2[nH]c(C3CCCCC3)nc2cc1Nc1ccc(OC(F)F)cc1. The van der Waals surface area contributed by atoms with E-state index in [2.05, 4.69) is 21.1 Å². The number of hydrogen-bond acceptors (Lipinski definition) is 4. The Hall–Kier alpha value is -2.83. The van der Waals surface area contributed by atoms with Gasteiger partial charge in [-0.2, -0.15) is 8.78 Å². The van der Waals surface area contributed by atoms with Crippen LogP contribution in [0, 0.1) is 0 Å². The topological polar surface area (TPSA) is 53.2 Å². The summed E-state index contributed by atoms with van der Waals surface area (Å²) < 4.78 is 29.1. The fourth-order valence-corrected chi connectivity index (χ4v) is 3.98. The molecule has 0 atom stereocenters. The molecular formula is C22H26F2N4O. The number of fused-ring (bicyclic) bond motifs is 1. The van der Waals surface area contributed by atoms with Crippen molar-refractivity contribution in [1.29, 1.82) is 0 Å². The quantitative estimate of drug-likeness (QED) is 0.531. The molecular weight excluding hydrogens is 374 g/mol. The van der Waals surface area contributed by atoms with Crippen LogP contribution in [0.3, 0.4) is 0 Å². The average Bonchev–Trinajstić information content (AvgIpc) is 3.12. The van der Waals surface area contributed by atoms with E-state index in [-0.39, 0.29) is 5.75 Å². The first-order chi connectivity index (χ1) is 14.0. The molecule has 0 saturated heterocycles. The Labute approximate surface area is 169 Å². The average molecular weight is 400 g/mol. The lowest BCUT2D eigenvalue weighted by Gasteiger charge is -2.19. The number of halogens is 2. The Morgan fingerprint density at radius 3 is 2.48 bits per heavy atom. The van der Waals surface area contributed by atoms with Crippen molar-refractivity contribution in [2.45, 2.75) is 44.6 Å². The van der Waals surface area contributed by atoms with Crippen molar-refractivity contribution in [3.05, 3.63) is 42.2 Å². The van der Waals surface area contributed by atoms with Crippen molar-refractivity contribution < 1.29 is 13.5 Å². The summed E-state index contributed by atoms with van der Waals surface area (Å²) in [4.78, 5) is 10.4. The number of aromatic amines is 1. The Kier molecular flexibility index (Phi) is 5.56. The Balaban J connectivity index is 1.62. The molecule has 1 saturated carbocycles. The number of rotatable bonds is 6. The number of H-pyrrole nitrogens is 1. The van der Waals surface area contributed by atoms with Crippen LogP contribution < -0.4 is 15.0 Å². The summed E-state index contributed by atoms with van der Waals surface area (Å²) in [7, 11) is 3.98. The number of hydrogen-bond donors (Lipinski definition) is 2. The van der Waals surface area contributed by atoms with Gasteiger partial charge in [-0.05, 0) is 49.2 Å². The lowest BCUT2D eigenvalue weighted by Crippen LogP contribution is -2.11. The van der Waals surface area contributed by atoms with E-state index in [1.807, 2.05) is 25.1 Å². The van der Waals surface area contributed by atoms with Crippen LogP contribution in [-0.2, 0) is 0 Å². The summed E-state index contributed by atoms with van der Waals surface area (Å²) >= 11 is 0. The maximum Gasteiger partial charge on any atom is 0.387 e. The largest absolute Gasteiger partial charge is 0.435 e. The van der Waals surface area contributed by atoms with E-state index in [4.69, 9.17) is 4.98 Å². The van der Waals surface area contributed by atoms with Crippen LogP contribution in [0.1, 0.15) is 43.8 Å². The monoisotopic (exact) mass is 400 g/mol. The molecule has 0 radical (unpaired) electrons. The van der Waals surface area contributed by atoms with Gasteiger partial charge in [-0.15, -0.1) is 0 Å². The molecule has 7 heteroatoms. The van der Waals surface area contributed by atoms with Gasteiger partial charge in [0.2, 0.25) is 0 Å². The van der Waals surface area contributed by atoms with Crippen LogP contribution in [0.5, 0.6) is 5.75 Å². The molecule has 1 fully saturated rings. The van der Waals surface area contributed by atoms with Crippen LogP contribution in [0.2, 0.25) is 0 Å². The van der Waals surface area contributed by atoms with Gasteiger partial charge in [0.05, 0.1) is 22.4 Å². The summed E-state index contributed by atoms with van der Waals surface area (Å²) in [6, 6.07) is 10.6. The fraction of sp³-hybridized carbons (Fsp3) is 0.409. The van der Waals surface area contributed by atoms with E-state index in [9.17, 15) is 8.78 Å². The molecule has 0 amide bonds. The van der Waals surface area contributed by atoms with Crippen molar-refractivity contribution in [2.75, 3.05) is 24.3 Å². The number of benzene rings is 2. The highest BCUT2D eigenvalue weighted by molar-refractivity contribution is 5.89. The van der Waals surface area contributed by atoms with Gasteiger partial charge in [0.1, 0.15) is 11.6 Å². The van der Waals surface area contributed by atoms with E-state index in [1.54, 1.807) is 12.1 Å². The zero-order chi connectivity index (χ0) is 20.4. The molecule has 2 N–H and O–H groups in total. The normalized spacial score (nSPS) is 15.1. The predicted octanol–water partition coefficient (Wildman–Crippen LogP) is 6.02. The van der Waals surface area contributed by atoms with Crippen LogP contribution in [0.25, 0.3) is 11.0 Å². The van der Waals surface area contributed by atoms with Crippen molar-refractivity contribution >= 4 is 28.1 Å². The summed E-state index contributed by atoms with van der Waals surface area (Å²) in [5.74, 6) is 1.73. The van der Waals surface area contributed by atoms with Gasteiger partial charge >= 0.3 is 6.61 Å². The lowest BCUT2D eigenvalue weighted by molar-refractivity contribution is -0.0498. The third-order valence-corrected chi connectivity index (χ3v) is 5.45. The molecule has 1 heterocycles. The maximum atomic E-state index is 12.3. The molecule has 3 aromatic rings. The van der Waals surface area contributed by atoms with E-state index in [0.717, 1.165) is 33.9 Å². The molecule has 0 spiro atoms. The molecule has 0 unspecified atom stereocenters. The summed E-state index contributed by atoms with van der Waals surface area (Å²) in [6.45, 7) is -2.82. The summed E-state index contributed by atoms with van der Waals surface area (Å²) in [5.41, 5.74) is 4.67. The van der Waals surface area contributed by atoms with Crippen LogP contribution >= 0.6 is 0 Å². The highest BCUT2D eigenvalue weighted by Gasteiger charge is 2.20. The number of imidazole rings is 1. The van der Waals surface area contributed by atoms with Crippen LogP contribution in [0.15, 0.2) is 36.4 Å². The predicted molar refractivity (Wildman–Crippen MR) is 113 cm³/mol. The first kappa shape index (κ1) is 19.5. The lowest BCUT2D eigenvalue weighted by atomic mass is 9.89. The standard InChI is InChI=1S/C22H26F2N4O/c1-28(2)20-13-18-17(26-21(27-18)14-6-4-3-5-7-14)12-19(20)25-15-8-10-16(11-9-15)29-22(23)24/h8-14,22,25H,3-7H2,1-2H3,(H,26,27). The third kappa shape index (κ3) is 4.44. The first-order valence-corrected chi connectivity index (χ1v) is 10.0. The first-order valence-electron chi connectivity index (χ1n) is 10.0. The van der Waals surface area contributed by atoms with Crippen molar-refractivity contribution in [3.8, 4) is 5.75 Å². The Morgan fingerprint density at radius 2 is 1.83 bits per heavy atom. The molecule has 29 heavy (non-hydrogen) atoms. The number of alkyl halides is 2. The van der Waals surface area contributed by atoms with Gasteiger partial charge in [0.15, 0.2) is 0 Å². The number of anilines is 3. The molecule has 154 valence electrons. The maximum absolute atomic E-state index is 12.3. The highest BCUT2D eigenvalue weighted by Crippen LogP contribution is 2.36. The molecule has 1 aliphatic rings. The molecule has 1 aliphatic carbocycles. The second-order valence-corrected chi connectivity index (χ2v) is 7.77. The molecule has 1 aromatic heterocycles. The molecule has 0 aliphatic heterocycles. The van der Waals surface area contributed by atoms with Gasteiger partial charge in [-0.25, -0.2) is 4.98 Å². The van der Waals surface area contributed by atoms with Crippen molar-refractivity contribution in [2.24, 2.45) is 0 Å². The van der Waals surface area contributed by atoms with Gasteiger partial charge in [0, 0.05) is 25.7 Å². The van der Waals surface area contributed by atoms with Gasteiger partial charge in [-0.1, -0.05) is 19.3 Å². The Morgan fingerprint density at radius 1 is 1.10 bits per heavy atom. The zero-order valence-electron chi connectivity index (χ0n) is 16.7. The number of nitrogens with one attached hydrogen (secondary N) is 2. The fourth-order valence-electron chi connectivity index (χ4n) is 3.98. The molecule has 2 aromatic carbocycles. The van der Waals surface area contributed by atoms with Gasteiger partial charge < -0.3 is 19.9 Å². The molecule has 5 nitrogen and oxygen atoms in total. The minimum Gasteiger partial charge on any atom is -0.435 e. The second kappa shape index (κ2) is 8.27.